The summed E-state index contributed by atoms with van der Waals surface area (Å²) in [7, 11) is 0. The van der Waals surface area contributed by atoms with E-state index in [1.54, 1.807) is 24.3 Å². The lowest BCUT2D eigenvalue weighted by atomic mass is 10.1. The van der Waals surface area contributed by atoms with Gasteiger partial charge in [-0.1, -0.05) is 30.3 Å². The highest BCUT2D eigenvalue weighted by Crippen LogP contribution is 2.10. The molecule has 0 radical (unpaired) electrons. The van der Waals surface area contributed by atoms with E-state index in [4.69, 9.17) is 5.73 Å². The van der Waals surface area contributed by atoms with Crippen molar-refractivity contribution in [3.63, 3.8) is 0 Å². The number of hydrogen-bond donors (Lipinski definition) is 2. The Morgan fingerprint density at radius 3 is 2.46 bits per heavy atom. The normalized spacial score (nSPS) is 11.7. The molecule has 0 spiro atoms. The van der Waals surface area contributed by atoms with E-state index in [1.165, 1.54) is 0 Å². The van der Waals surface area contributed by atoms with Gasteiger partial charge in [0.2, 0.25) is 12.3 Å². The molecule has 3 N–H and O–H groups in total. The second-order valence-corrected chi connectivity index (χ2v) is 2.53. The Bertz CT molecular complexity index is 298. The first-order chi connectivity index (χ1) is 6.25. The van der Waals surface area contributed by atoms with E-state index in [0.717, 1.165) is 0 Å². The number of carbonyl (C=O) groups is 2. The molecule has 1 rings (SSSR count). The summed E-state index contributed by atoms with van der Waals surface area (Å²) in [5.41, 5.74) is 5.78. The van der Waals surface area contributed by atoms with Gasteiger partial charge in [0.25, 0.3) is 0 Å². The van der Waals surface area contributed by atoms with Crippen LogP contribution in [0.15, 0.2) is 30.3 Å². The van der Waals surface area contributed by atoms with Gasteiger partial charge >= 0.3 is 0 Å². The molecule has 0 bridgehead atoms. The van der Waals surface area contributed by atoms with Gasteiger partial charge in [-0.05, 0) is 5.56 Å². The smallest absolute Gasteiger partial charge is 0.244 e. The minimum atomic E-state index is -0.737. The second kappa shape index (κ2) is 4.25. The predicted molar refractivity (Wildman–Crippen MR) is 47.6 cm³/mol. The first kappa shape index (κ1) is 9.25. The molecule has 0 aromatic heterocycles. The monoisotopic (exact) mass is 178 g/mol. The Kier molecular flexibility index (Phi) is 3.03. The van der Waals surface area contributed by atoms with Crippen molar-refractivity contribution in [2.45, 2.75) is 6.04 Å². The number of primary amides is 1. The van der Waals surface area contributed by atoms with Crippen LogP contribution >= 0.6 is 0 Å². The molecular weight excluding hydrogens is 168 g/mol. The number of nitrogens with two attached hydrogens (primary N) is 1. The Morgan fingerprint density at radius 1 is 1.38 bits per heavy atom. The largest absolute Gasteiger partial charge is 0.368 e. The third kappa shape index (κ3) is 2.30. The van der Waals surface area contributed by atoms with E-state index in [-0.39, 0.29) is 0 Å². The van der Waals surface area contributed by atoms with Gasteiger partial charge in [0, 0.05) is 0 Å². The van der Waals surface area contributed by atoms with Crippen molar-refractivity contribution >= 4 is 12.3 Å². The quantitative estimate of drug-likeness (QED) is 0.635. The number of nitrogens with one attached hydrogen (secondary N) is 1. The Labute approximate surface area is 75.7 Å². The summed E-state index contributed by atoms with van der Waals surface area (Å²) in [4.78, 5) is 21.1. The minimum Gasteiger partial charge on any atom is -0.368 e. The van der Waals surface area contributed by atoms with Gasteiger partial charge in [-0.15, -0.1) is 0 Å². The maximum atomic E-state index is 10.9. The lowest BCUT2D eigenvalue weighted by Crippen LogP contribution is -2.32. The van der Waals surface area contributed by atoms with E-state index in [9.17, 15) is 9.59 Å². The molecule has 1 atom stereocenters. The van der Waals surface area contributed by atoms with Crippen LogP contribution in [-0.4, -0.2) is 12.3 Å². The molecule has 0 aliphatic heterocycles. The number of carbonyl (C=O) groups excluding carboxylic acids is 2. The summed E-state index contributed by atoms with van der Waals surface area (Å²) in [6.07, 6.45) is 0.461. The number of rotatable bonds is 4. The van der Waals surface area contributed by atoms with E-state index in [2.05, 4.69) is 5.32 Å². The van der Waals surface area contributed by atoms with Crippen LogP contribution < -0.4 is 11.1 Å². The van der Waals surface area contributed by atoms with Gasteiger partial charge in [-0.25, -0.2) is 0 Å². The maximum absolute atomic E-state index is 10.9. The molecule has 4 nitrogen and oxygen atoms in total. The topological polar surface area (TPSA) is 72.2 Å². The zero-order valence-electron chi connectivity index (χ0n) is 6.94. The zero-order chi connectivity index (χ0) is 9.68. The summed E-state index contributed by atoms with van der Waals surface area (Å²) >= 11 is 0. The molecule has 0 saturated heterocycles. The van der Waals surface area contributed by atoms with Crippen LogP contribution in [0.3, 0.4) is 0 Å². The molecular formula is C9H10N2O2. The fraction of sp³-hybridized carbons (Fsp3) is 0.111. The molecule has 0 aliphatic rings. The lowest BCUT2D eigenvalue weighted by molar-refractivity contribution is -0.122. The lowest BCUT2D eigenvalue weighted by Gasteiger charge is -2.11. The summed E-state index contributed by atoms with van der Waals surface area (Å²) < 4.78 is 0. The third-order valence-electron chi connectivity index (χ3n) is 1.65. The molecule has 68 valence electrons. The van der Waals surface area contributed by atoms with Crippen LogP contribution in [0.1, 0.15) is 11.6 Å². The highest BCUT2D eigenvalue weighted by atomic mass is 16.2. The molecule has 4 heteroatoms. The van der Waals surface area contributed by atoms with Crippen LogP contribution in [0.5, 0.6) is 0 Å². The molecule has 0 saturated carbocycles. The zero-order valence-corrected chi connectivity index (χ0v) is 6.94. The number of amides is 2. The average molecular weight is 178 g/mol. The summed E-state index contributed by atoms with van der Waals surface area (Å²) in [5.74, 6) is -0.571. The number of hydrogen-bond acceptors (Lipinski definition) is 2. The highest BCUT2D eigenvalue weighted by molar-refractivity contribution is 5.83. The molecule has 0 fully saturated rings. The van der Waals surface area contributed by atoms with Gasteiger partial charge < -0.3 is 11.1 Å². The van der Waals surface area contributed by atoms with Crippen molar-refractivity contribution in [1.29, 1.82) is 0 Å². The van der Waals surface area contributed by atoms with Crippen molar-refractivity contribution in [2.75, 3.05) is 0 Å². The third-order valence-corrected chi connectivity index (χ3v) is 1.65. The van der Waals surface area contributed by atoms with Crippen LogP contribution in [0.25, 0.3) is 0 Å². The van der Waals surface area contributed by atoms with Crippen LogP contribution in [0, 0.1) is 0 Å². The van der Waals surface area contributed by atoms with Crippen LogP contribution in [0.2, 0.25) is 0 Å². The maximum Gasteiger partial charge on any atom is 0.244 e. The van der Waals surface area contributed by atoms with E-state index in [1.807, 2.05) is 6.07 Å². The Balaban J connectivity index is 2.88. The summed E-state index contributed by atoms with van der Waals surface area (Å²) in [6.45, 7) is 0. The molecule has 2 amide bonds. The van der Waals surface area contributed by atoms with Gasteiger partial charge in [0.1, 0.15) is 6.04 Å². The van der Waals surface area contributed by atoms with Crippen LogP contribution in [-0.2, 0) is 9.59 Å². The Morgan fingerprint density at radius 2 is 2.00 bits per heavy atom. The molecule has 0 unspecified atom stereocenters. The van der Waals surface area contributed by atoms with E-state index < -0.39 is 11.9 Å². The Hall–Kier alpha value is -1.84. The predicted octanol–water partition coefficient (Wildman–Crippen LogP) is -0.0410. The highest BCUT2D eigenvalue weighted by Gasteiger charge is 2.15. The first-order valence-corrected chi connectivity index (χ1v) is 3.79. The molecule has 0 aliphatic carbocycles. The van der Waals surface area contributed by atoms with Crippen molar-refractivity contribution < 1.29 is 9.59 Å². The first-order valence-electron chi connectivity index (χ1n) is 3.79. The van der Waals surface area contributed by atoms with Gasteiger partial charge in [0.15, 0.2) is 0 Å². The van der Waals surface area contributed by atoms with Crippen molar-refractivity contribution in [3.8, 4) is 0 Å². The van der Waals surface area contributed by atoms with Gasteiger partial charge in [-0.3, -0.25) is 9.59 Å². The SMILES string of the molecule is NC(=O)[C@H](NC=O)c1ccccc1. The molecule has 13 heavy (non-hydrogen) atoms. The second-order valence-electron chi connectivity index (χ2n) is 2.53. The van der Waals surface area contributed by atoms with Crippen molar-refractivity contribution in [1.82, 2.24) is 5.32 Å². The van der Waals surface area contributed by atoms with Gasteiger partial charge in [0.05, 0.1) is 0 Å². The summed E-state index contributed by atoms with van der Waals surface area (Å²) in [6, 6.07) is 8.09. The van der Waals surface area contributed by atoms with E-state index in [0.29, 0.717) is 12.0 Å². The molecule has 1 aromatic carbocycles. The van der Waals surface area contributed by atoms with Crippen molar-refractivity contribution in [3.05, 3.63) is 35.9 Å². The summed E-state index contributed by atoms with van der Waals surface area (Å²) in [5, 5.41) is 2.34. The number of benzene rings is 1. The van der Waals surface area contributed by atoms with E-state index >= 15 is 0 Å². The standard InChI is InChI=1S/C9H10N2O2/c10-9(13)8(11-6-12)7-4-2-1-3-5-7/h1-6,8H,(H2,10,13)(H,11,12)/t8-/m1/s1. The average Bonchev–Trinajstić information content (AvgIpc) is 2.15. The molecule has 0 heterocycles. The fourth-order valence-electron chi connectivity index (χ4n) is 1.06. The van der Waals surface area contributed by atoms with Crippen LogP contribution in [0.4, 0.5) is 0 Å². The minimum absolute atomic E-state index is 0.461. The van der Waals surface area contributed by atoms with Gasteiger partial charge in [-0.2, -0.15) is 0 Å². The van der Waals surface area contributed by atoms with Crippen molar-refractivity contribution in [2.24, 2.45) is 5.73 Å². The fourth-order valence-corrected chi connectivity index (χ4v) is 1.06. The molecule has 1 aromatic rings.